The van der Waals surface area contributed by atoms with Gasteiger partial charge in [-0.25, -0.2) is 0 Å². The van der Waals surface area contributed by atoms with Crippen molar-refractivity contribution in [2.24, 2.45) is 5.92 Å². The molecule has 1 aromatic carbocycles. The molecule has 19 heavy (non-hydrogen) atoms. The topological polar surface area (TPSA) is 49.8 Å². The van der Waals surface area contributed by atoms with Crippen LogP contribution in [0.25, 0.3) is 6.08 Å². The highest BCUT2D eigenvalue weighted by molar-refractivity contribution is 5.92. The van der Waals surface area contributed by atoms with E-state index in [4.69, 9.17) is 9.84 Å². The van der Waals surface area contributed by atoms with Crippen LogP contribution in [0.3, 0.4) is 0 Å². The minimum atomic E-state index is -0.0201. The van der Waals surface area contributed by atoms with Crippen molar-refractivity contribution in [2.45, 2.75) is 6.92 Å². The Morgan fingerprint density at radius 2 is 2.26 bits per heavy atom. The predicted octanol–water partition coefficient (Wildman–Crippen LogP) is 1.47. The van der Waals surface area contributed by atoms with Gasteiger partial charge in [0, 0.05) is 37.3 Å². The van der Waals surface area contributed by atoms with E-state index in [2.05, 4.69) is 0 Å². The number of ether oxygens (including phenoxy) is 1. The number of methoxy groups -OCH3 is 1. The Labute approximate surface area is 113 Å². The van der Waals surface area contributed by atoms with Crippen molar-refractivity contribution in [1.82, 2.24) is 4.90 Å². The molecule has 0 radical (unpaired) electrons. The quantitative estimate of drug-likeness (QED) is 0.835. The number of rotatable bonds is 4. The van der Waals surface area contributed by atoms with E-state index in [0.717, 1.165) is 16.9 Å². The first-order valence-corrected chi connectivity index (χ1v) is 6.36. The molecular weight excluding hydrogens is 242 g/mol. The normalized spacial score (nSPS) is 15.6. The molecule has 4 heteroatoms. The van der Waals surface area contributed by atoms with Crippen LogP contribution >= 0.6 is 0 Å². The van der Waals surface area contributed by atoms with E-state index in [1.54, 1.807) is 24.2 Å². The van der Waals surface area contributed by atoms with E-state index in [1.165, 1.54) is 0 Å². The minimum absolute atomic E-state index is 0.0201. The zero-order valence-electron chi connectivity index (χ0n) is 11.3. The van der Waals surface area contributed by atoms with Crippen LogP contribution in [0.2, 0.25) is 0 Å². The van der Waals surface area contributed by atoms with Crippen LogP contribution in [0.1, 0.15) is 11.1 Å². The molecule has 0 atom stereocenters. The molecule has 0 unspecified atom stereocenters. The standard InChI is InChI=1S/C15H19NO3/c1-11-3-5-14(19-2)13(7-11)4-6-15(18)16-8-12(9-16)10-17/h3-7,12,17H,8-10H2,1-2H3. The van der Waals surface area contributed by atoms with Crippen molar-refractivity contribution >= 4 is 12.0 Å². The van der Waals surface area contributed by atoms with Crippen LogP contribution in [0.15, 0.2) is 24.3 Å². The average molecular weight is 261 g/mol. The summed E-state index contributed by atoms with van der Waals surface area (Å²) in [5.41, 5.74) is 2.02. The number of hydrogen-bond donors (Lipinski definition) is 1. The van der Waals surface area contributed by atoms with Gasteiger partial charge in [-0.2, -0.15) is 0 Å². The Morgan fingerprint density at radius 3 is 2.89 bits per heavy atom. The number of carbonyl (C=O) groups is 1. The second kappa shape index (κ2) is 5.89. The van der Waals surface area contributed by atoms with Gasteiger partial charge in [-0.3, -0.25) is 4.79 Å². The number of likely N-dealkylation sites (tertiary alicyclic amines) is 1. The zero-order chi connectivity index (χ0) is 13.8. The van der Waals surface area contributed by atoms with Gasteiger partial charge in [-0.15, -0.1) is 0 Å². The molecule has 1 aliphatic heterocycles. The number of aliphatic hydroxyl groups excluding tert-OH is 1. The molecule has 1 N–H and O–H groups in total. The average Bonchev–Trinajstić information content (AvgIpc) is 2.35. The van der Waals surface area contributed by atoms with Crippen LogP contribution in [0.4, 0.5) is 0 Å². The van der Waals surface area contributed by atoms with Crippen LogP contribution in [-0.2, 0) is 4.79 Å². The van der Waals surface area contributed by atoms with Crippen molar-refractivity contribution in [3.05, 3.63) is 35.4 Å². The zero-order valence-corrected chi connectivity index (χ0v) is 11.3. The summed E-state index contributed by atoms with van der Waals surface area (Å²) >= 11 is 0. The lowest BCUT2D eigenvalue weighted by Gasteiger charge is -2.37. The number of aryl methyl sites for hydroxylation is 1. The fourth-order valence-electron chi connectivity index (χ4n) is 2.12. The molecule has 1 aromatic rings. The minimum Gasteiger partial charge on any atom is -0.496 e. The summed E-state index contributed by atoms with van der Waals surface area (Å²) in [7, 11) is 1.62. The molecule has 0 spiro atoms. The van der Waals surface area contributed by atoms with E-state index < -0.39 is 0 Å². The monoisotopic (exact) mass is 261 g/mol. The summed E-state index contributed by atoms with van der Waals surface area (Å²) in [4.78, 5) is 13.6. The fraction of sp³-hybridized carbons (Fsp3) is 0.400. The SMILES string of the molecule is COc1ccc(C)cc1C=CC(=O)N1CC(CO)C1. The van der Waals surface area contributed by atoms with E-state index in [0.29, 0.717) is 13.1 Å². The Kier molecular flexibility index (Phi) is 4.22. The molecule has 4 nitrogen and oxygen atoms in total. The largest absolute Gasteiger partial charge is 0.496 e. The van der Waals surface area contributed by atoms with Crippen molar-refractivity contribution in [3.8, 4) is 5.75 Å². The second-order valence-corrected chi connectivity index (χ2v) is 4.87. The molecule has 0 aliphatic carbocycles. The summed E-state index contributed by atoms with van der Waals surface area (Å²) in [6, 6.07) is 5.85. The number of amides is 1. The van der Waals surface area contributed by atoms with Gasteiger partial charge >= 0.3 is 0 Å². The van der Waals surface area contributed by atoms with Gasteiger partial charge in [0.2, 0.25) is 5.91 Å². The van der Waals surface area contributed by atoms with Crippen molar-refractivity contribution in [3.63, 3.8) is 0 Å². The van der Waals surface area contributed by atoms with Gasteiger partial charge in [-0.1, -0.05) is 11.6 Å². The van der Waals surface area contributed by atoms with E-state index in [-0.39, 0.29) is 18.4 Å². The van der Waals surface area contributed by atoms with Crippen LogP contribution in [0, 0.1) is 12.8 Å². The maximum atomic E-state index is 11.9. The highest BCUT2D eigenvalue weighted by Gasteiger charge is 2.28. The molecule has 1 aliphatic rings. The van der Waals surface area contributed by atoms with E-state index in [1.807, 2.05) is 25.1 Å². The van der Waals surface area contributed by atoms with Crippen molar-refractivity contribution in [2.75, 3.05) is 26.8 Å². The lowest BCUT2D eigenvalue weighted by Crippen LogP contribution is -2.50. The summed E-state index contributed by atoms with van der Waals surface area (Å²) in [6.45, 7) is 3.44. The molecule has 102 valence electrons. The highest BCUT2D eigenvalue weighted by atomic mass is 16.5. The molecule has 1 amide bonds. The van der Waals surface area contributed by atoms with Gasteiger partial charge in [0.05, 0.1) is 7.11 Å². The molecule has 1 saturated heterocycles. The van der Waals surface area contributed by atoms with Gasteiger partial charge in [0.15, 0.2) is 0 Å². The first-order valence-electron chi connectivity index (χ1n) is 6.36. The highest BCUT2D eigenvalue weighted by Crippen LogP contribution is 2.21. The van der Waals surface area contributed by atoms with Gasteiger partial charge in [0.1, 0.15) is 5.75 Å². The smallest absolute Gasteiger partial charge is 0.246 e. The van der Waals surface area contributed by atoms with Gasteiger partial charge in [-0.05, 0) is 25.1 Å². The van der Waals surface area contributed by atoms with Crippen LogP contribution in [0.5, 0.6) is 5.75 Å². The van der Waals surface area contributed by atoms with Crippen molar-refractivity contribution < 1.29 is 14.6 Å². The van der Waals surface area contributed by atoms with Crippen molar-refractivity contribution in [1.29, 1.82) is 0 Å². The number of hydrogen-bond acceptors (Lipinski definition) is 3. The molecule has 0 saturated carbocycles. The second-order valence-electron chi connectivity index (χ2n) is 4.87. The fourth-order valence-corrected chi connectivity index (χ4v) is 2.12. The Morgan fingerprint density at radius 1 is 1.53 bits per heavy atom. The number of benzene rings is 1. The third-order valence-electron chi connectivity index (χ3n) is 3.32. The van der Waals surface area contributed by atoms with E-state index in [9.17, 15) is 4.79 Å². The molecular formula is C15H19NO3. The number of nitrogens with zero attached hydrogens (tertiary/aromatic N) is 1. The summed E-state index contributed by atoms with van der Waals surface area (Å²) in [5.74, 6) is 0.977. The maximum absolute atomic E-state index is 11.9. The first-order chi connectivity index (χ1) is 9.13. The maximum Gasteiger partial charge on any atom is 0.246 e. The number of carbonyl (C=O) groups excluding carboxylic acids is 1. The lowest BCUT2D eigenvalue weighted by atomic mass is 10.0. The van der Waals surface area contributed by atoms with Crippen LogP contribution in [-0.4, -0.2) is 42.7 Å². The molecule has 1 heterocycles. The Balaban J connectivity index is 2.02. The molecule has 0 bridgehead atoms. The first kappa shape index (κ1) is 13.6. The molecule has 1 fully saturated rings. The number of aliphatic hydroxyl groups is 1. The third-order valence-corrected chi connectivity index (χ3v) is 3.32. The summed E-state index contributed by atoms with van der Waals surface area (Å²) < 4.78 is 5.26. The third kappa shape index (κ3) is 3.15. The lowest BCUT2D eigenvalue weighted by molar-refractivity contribution is -0.132. The Bertz CT molecular complexity index is 490. The molecule has 2 rings (SSSR count). The van der Waals surface area contributed by atoms with Gasteiger partial charge < -0.3 is 14.7 Å². The van der Waals surface area contributed by atoms with Crippen LogP contribution < -0.4 is 4.74 Å². The predicted molar refractivity (Wildman–Crippen MR) is 73.9 cm³/mol. The molecule has 0 aromatic heterocycles. The van der Waals surface area contributed by atoms with Gasteiger partial charge in [0.25, 0.3) is 0 Å². The summed E-state index contributed by atoms with van der Waals surface area (Å²) in [6.07, 6.45) is 3.34. The summed E-state index contributed by atoms with van der Waals surface area (Å²) in [5, 5.41) is 8.92. The van der Waals surface area contributed by atoms with E-state index >= 15 is 0 Å². The Hall–Kier alpha value is -1.81.